The first-order valence-corrected chi connectivity index (χ1v) is 12.3. The zero-order valence-corrected chi connectivity index (χ0v) is 21.3. The lowest BCUT2D eigenvalue weighted by Gasteiger charge is -2.39. The molecule has 0 saturated heterocycles. The number of carbonyl (C=O) groups excluding carboxylic acids is 2. The van der Waals surface area contributed by atoms with Gasteiger partial charge in [0.25, 0.3) is 0 Å². The summed E-state index contributed by atoms with van der Waals surface area (Å²) in [5, 5.41) is 2.80. The molecule has 0 radical (unpaired) electrons. The maximum Gasteiger partial charge on any atom is 0.407 e. The van der Waals surface area contributed by atoms with E-state index in [9.17, 15) is 22.8 Å². The van der Waals surface area contributed by atoms with Crippen LogP contribution in [0.4, 0.5) is 18.0 Å². The number of halogens is 3. The fraction of sp³-hybridized carbons (Fsp3) is 0.357. The highest BCUT2D eigenvalue weighted by Gasteiger charge is 2.36. The van der Waals surface area contributed by atoms with Crippen molar-refractivity contribution >= 4 is 11.9 Å². The maximum absolute atomic E-state index is 14.6. The number of ketones is 1. The minimum atomic E-state index is -0.962. The summed E-state index contributed by atoms with van der Waals surface area (Å²) in [7, 11) is 1.30. The van der Waals surface area contributed by atoms with Crippen LogP contribution < -0.4 is 11.1 Å². The van der Waals surface area contributed by atoms with E-state index >= 15 is 0 Å². The molecule has 2 aromatic heterocycles. The number of pyridine rings is 2. The first kappa shape index (κ1) is 27.3. The second-order valence-electron chi connectivity index (χ2n) is 9.78. The smallest absolute Gasteiger partial charge is 0.407 e. The van der Waals surface area contributed by atoms with Gasteiger partial charge in [0.1, 0.15) is 28.8 Å². The number of aromatic nitrogens is 2. The third-order valence-electron chi connectivity index (χ3n) is 7.04. The number of alkyl carbamates (subject to hydrolysis) is 1. The van der Waals surface area contributed by atoms with Crippen molar-refractivity contribution in [2.75, 3.05) is 7.11 Å². The van der Waals surface area contributed by atoms with Crippen molar-refractivity contribution in [3.8, 4) is 11.3 Å². The number of Topliss-reactive ketones (excluding diaryl/α,β-unsaturated/α-hetero) is 1. The molecule has 38 heavy (non-hydrogen) atoms. The van der Waals surface area contributed by atoms with Crippen molar-refractivity contribution in [1.82, 2.24) is 15.3 Å². The highest BCUT2D eigenvalue weighted by molar-refractivity contribution is 5.96. The first-order valence-electron chi connectivity index (χ1n) is 12.3. The molecule has 7 nitrogen and oxygen atoms in total. The third kappa shape index (κ3) is 5.70. The molecule has 1 fully saturated rings. The van der Waals surface area contributed by atoms with Crippen LogP contribution in [0.15, 0.2) is 42.7 Å². The van der Waals surface area contributed by atoms with Gasteiger partial charge in [0.15, 0.2) is 5.78 Å². The predicted molar refractivity (Wildman–Crippen MR) is 135 cm³/mol. The quantitative estimate of drug-likeness (QED) is 0.445. The van der Waals surface area contributed by atoms with Crippen LogP contribution in [0.1, 0.15) is 52.9 Å². The minimum Gasteiger partial charge on any atom is -0.453 e. The Kier molecular flexibility index (Phi) is 8.11. The number of benzene rings is 1. The van der Waals surface area contributed by atoms with Crippen LogP contribution in [-0.4, -0.2) is 41.0 Å². The molecule has 1 aromatic carbocycles. The summed E-state index contributed by atoms with van der Waals surface area (Å²) >= 11 is 0. The second kappa shape index (κ2) is 11.3. The number of carbonyl (C=O) groups is 2. The second-order valence-corrected chi connectivity index (χ2v) is 9.78. The van der Waals surface area contributed by atoms with Crippen LogP contribution in [0, 0.1) is 30.3 Å². The maximum atomic E-state index is 14.6. The van der Waals surface area contributed by atoms with Gasteiger partial charge in [-0.25, -0.2) is 22.9 Å². The molecule has 10 heteroatoms. The number of hydrogen-bond acceptors (Lipinski definition) is 6. The van der Waals surface area contributed by atoms with Gasteiger partial charge in [-0.2, -0.15) is 0 Å². The zero-order valence-electron chi connectivity index (χ0n) is 21.3. The first-order chi connectivity index (χ1) is 18.1. The summed E-state index contributed by atoms with van der Waals surface area (Å²) in [6, 6.07) is 5.59. The summed E-state index contributed by atoms with van der Waals surface area (Å²) in [5.74, 6) is -3.27. The van der Waals surface area contributed by atoms with Crippen LogP contribution >= 0.6 is 0 Å². The van der Waals surface area contributed by atoms with Gasteiger partial charge in [-0.1, -0.05) is 6.92 Å². The number of nitrogens with two attached hydrogens (primary N) is 1. The number of rotatable bonds is 6. The molecule has 3 N–H and O–H groups in total. The molecule has 4 atom stereocenters. The highest BCUT2D eigenvalue weighted by atomic mass is 19.1. The van der Waals surface area contributed by atoms with Crippen molar-refractivity contribution in [1.29, 1.82) is 0 Å². The van der Waals surface area contributed by atoms with Gasteiger partial charge in [0.05, 0.1) is 12.7 Å². The Balaban J connectivity index is 1.58. The van der Waals surface area contributed by atoms with Gasteiger partial charge in [-0.15, -0.1) is 0 Å². The lowest BCUT2D eigenvalue weighted by Crippen LogP contribution is -2.54. The van der Waals surface area contributed by atoms with Crippen molar-refractivity contribution in [3.05, 3.63) is 82.6 Å². The molecule has 0 spiro atoms. The number of nitrogens with one attached hydrogen (secondary N) is 1. The summed E-state index contributed by atoms with van der Waals surface area (Å²) in [5.41, 5.74) is 6.99. The Hall–Kier alpha value is -3.79. The molecular weight excluding hydrogens is 497 g/mol. The van der Waals surface area contributed by atoms with E-state index in [0.717, 1.165) is 23.8 Å². The number of aryl methyl sites for hydroxylation is 1. The zero-order chi connectivity index (χ0) is 27.6. The number of ether oxygens (including phenoxy) is 1. The normalized spacial score (nSPS) is 21.1. The molecular formula is C28H29F3N4O3. The molecule has 1 amide bonds. The Morgan fingerprint density at radius 1 is 1.11 bits per heavy atom. The Labute approximate surface area is 218 Å². The average Bonchev–Trinajstić information content (AvgIpc) is 2.86. The SMILES string of the molecule is COC(=O)N[C@@H]1[C@H](N)C[C@H](c2ccncc2CC(=O)c2ccc(F)c(-c3c(F)cc(C)cc3F)n2)C[C@@H]1C. The molecule has 2 heterocycles. The van der Waals surface area contributed by atoms with Gasteiger partial charge in [-0.05, 0) is 78.6 Å². The lowest BCUT2D eigenvalue weighted by atomic mass is 9.72. The standard InChI is InChI=1S/C28H29F3N4O3/c1-14-8-20(30)25(21(31)9-14)27-19(29)4-5-23(34-27)24(36)12-17-13-33-7-6-18(17)16-10-15(2)26(22(32)11-16)35-28(37)38-3/h4-9,13,15-16,22,26H,10-12,32H2,1-3H3,(H,35,37)/t15-,16+,22+,26-/m0/s1. The molecule has 1 aliphatic carbocycles. The van der Waals surface area contributed by atoms with Crippen LogP contribution in [0.2, 0.25) is 0 Å². The highest BCUT2D eigenvalue weighted by Crippen LogP contribution is 2.37. The van der Waals surface area contributed by atoms with Crippen LogP contribution in [-0.2, 0) is 11.2 Å². The molecule has 200 valence electrons. The van der Waals surface area contributed by atoms with E-state index in [1.165, 1.54) is 20.1 Å². The molecule has 0 unspecified atom stereocenters. The van der Waals surface area contributed by atoms with Gasteiger partial charge < -0.3 is 15.8 Å². The van der Waals surface area contributed by atoms with Gasteiger partial charge >= 0.3 is 6.09 Å². The van der Waals surface area contributed by atoms with Crippen LogP contribution in [0.25, 0.3) is 11.3 Å². The predicted octanol–water partition coefficient (Wildman–Crippen LogP) is 4.86. The van der Waals surface area contributed by atoms with Gasteiger partial charge in [0, 0.05) is 30.9 Å². The summed E-state index contributed by atoms with van der Waals surface area (Å²) in [6.07, 6.45) is 3.86. The van der Waals surface area contributed by atoms with Crippen LogP contribution in [0.3, 0.4) is 0 Å². The third-order valence-corrected chi connectivity index (χ3v) is 7.04. The monoisotopic (exact) mass is 526 g/mol. The minimum absolute atomic E-state index is 0.00832. The number of hydrogen-bond donors (Lipinski definition) is 2. The molecule has 1 saturated carbocycles. The van der Waals surface area contributed by atoms with Crippen molar-refractivity contribution in [2.24, 2.45) is 11.7 Å². The fourth-order valence-corrected chi connectivity index (χ4v) is 5.23. The summed E-state index contributed by atoms with van der Waals surface area (Å²) in [4.78, 5) is 33.1. The molecule has 0 bridgehead atoms. The van der Waals surface area contributed by atoms with Crippen LogP contribution in [0.5, 0.6) is 0 Å². The van der Waals surface area contributed by atoms with E-state index in [1.54, 1.807) is 12.4 Å². The molecule has 0 aliphatic heterocycles. The Bertz CT molecular complexity index is 1330. The average molecular weight is 527 g/mol. The topological polar surface area (TPSA) is 107 Å². The van der Waals surface area contributed by atoms with E-state index in [-0.39, 0.29) is 36.0 Å². The van der Waals surface area contributed by atoms with E-state index in [1.807, 2.05) is 13.0 Å². The Morgan fingerprint density at radius 3 is 2.47 bits per heavy atom. The lowest BCUT2D eigenvalue weighted by molar-refractivity contribution is 0.0987. The van der Waals surface area contributed by atoms with E-state index in [4.69, 9.17) is 10.5 Å². The van der Waals surface area contributed by atoms with Crippen molar-refractivity contribution in [2.45, 2.75) is 51.1 Å². The number of amides is 1. The van der Waals surface area contributed by atoms with Gasteiger partial charge in [0.2, 0.25) is 0 Å². The molecule has 1 aliphatic rings. The van der Waals surface area contributed by atoms with E-state index < -0.39 is 40.6 Å². The summed E-state index contributed by atoms with van der Waals surface area (Å²) in [6.45, 7) is 3.51. The fourth-order valence-electron chi connectivity index (χ4n) is 5.23. The summed E-state index contributed by atoms with van der Waals surface area (Å²) < 4.78 is 48.3. The van der Waals surface area contributed by atoms with Crippen molar-refractivity contribution in [3.63, 3.8) is 0 Å². The molecule has 3 aromatic rings. The van der Waals surface area contributed by atoms with Crippen molar-refractivity contribution < 1.29 is 27.5 Å². The number of nitrogens with zero attached hydrogens (tertiary/aromatic N) is 2. The van der Waals surface area contributed by atoms with E-state index in [0.29, 0.717) is 24.0 Å². The number of methoxy groups -OCH3 is 1. The van der Waals surface area contributed by atoms with Gasteiger partial charge in [-0.3, -0.25) is 9.78 Å². The van der Waals surface area contributed by atoms with E-state index in [2.05, 4.69) is 15.3 Å². The largest absolute Gasteiger partial charge is 0.453 e. The molecule has 4 rings (SSSR count). The Morgan fingerprint density at radius 2 is 1.82 bits per heavy atom.